The van der Waals surface area contributed by atoms with E-state index in [1.807, 2.05) is 6.07 Å². The van der Waals surface area contributed by atoms with Crippen LogP contribution in [0.15, 0.2) is 18.3 Å². The SMILES string of the molecule is CCCc1cn(CCN)c2c(C(C)C)cc(C(=O)O)cc12. The fraction of sp³-hybridized carbons (Fsp3) is 0.471. The Balaban J connectivity index is 2.79. The molecule has 2 rings (SSSR count). The van der Waals surface area contributed by atoms with Gasteiger partial charge in [-0.2, -0.15) is 0 Å². The first-order valence-electron chi connectivity index (χ1n) is 7.58. The second kappa shape index (κ2) is 6.31. The van der Waals surface area contributed by atoms with Gasteiger partial charge in [-0.25, -0.2) is 4.79 Å². The Kier molecular flexibility index (Phi) is 4.68. The van der Waals surface area contributed by atoms with E-state index in [-0.39, 0.29) is 5.92 Å². The van der Waals surface area contributed by atoms with Crippen molar-refractivity contribution in [2.24, 2.45) is 5.73 Å². The molecule has 0 radical (unpaired) electrons. The molecule has 0 aliphatic carbocycles. The van der Waals surface area contributed by atoms with Crippen LogP contribution in [0.25, 0.3) is 10.9 Å². The number of rotatable bonds is 6. The van der Waals surface area contributed by atoms with Gasteiger partial charge in [0.1, 0.15) is 0 Å². The summed E-state index contributed by atoms with van der Waals surface area (Å²) >= 11 is 0. The number of carbonyl (C=O) groups is 1. The number of nitrogens with two attached hydrogens (primary N) is 1. The lowest BCUT2D eigenvalue weighted by molar-refractivity contribution is 0.0697. The van der Waals surface area contributed by atoms with Crippen LogP contribution < -0.4 is 5.73 Å². The molecule has 0 spiro atoms. The third-order valence-corrected chi connectivity index (χ3v) is 3.84. The molecule has 1 aromatic heterocycles. The molecule has 0 amide bonds. The molecule has 0 saturated carbocycles. The van der Waals surface area contributed by atoms with Crippen molar-refractivity contribution in [2.45, 2.75) is 46.1 Å². The average molecular weight is 288 g/mol. The van der Waals surface area contributed by atoms with Gasteiger partial charge in [0, 0.05) is 24.7 Å². The highest BCUT2D eigenvalue weighted by Gasteiger charge is 2.17. The molecule has 3 N–H and O–H groups in total. The van der Waals surface area contributed by atoms with E-state index in [0.29, 0.717) is 12.1 Å². The number of nitrogens with zero attached hydrogens (tertiary/aromatic N) is 1. The monoisotopic (exact) mass is 288 g/mol. The molecule has 0 fully saturated rings. The van der Waals surface area contributed by atoms with Gasteiger partial charge in [-0.15, -0.1) is 0 Å². The number of aromatic nitrogens is 1. The van der Waals surface area contributed by atoms with Crippen LogP contribution in [-0.4, -0.2) is 22.2 Å². The van der Waals surface area contributed by atoms with Gasteiger partial charge in [0.15, 0.2) is 0 Å². The number of carboxylic acids is 1. The third-order valence-electron chi connectivity index (χ3n) is 3.84. The maximum absolute atomic E-state index is 11.4. The number of aromatic carboxylic acids is 1. The topological polar surface area (TPSA) is 68.2 Å². The molecular formula is C17H24N2O2. The Labute approximate surface area is 125 Å². The molecule has 2 aromatic rings. The number of carboxylic acid groups (broad SMARTS) is 1. The van der Waals surface area contributed by atoms with Gasteiger partial charge in [0.25, 0.3) is 0 Å². The number of hydrogen-bond acceptors (Lipinski definition) is 2. The van der Waals surface area contributed by atoms with Crippen molar-refractivity contribution in [1.29, 1.82) is 0 Å². The molecule has 4 nitrogen and oxygen atoms in total. The van der Waals surface area contributed by atoms with E-state index in [1.165, 1.54) is 5.56 Å². The first-order valence-corrected chi connectivity index (χ1v) is 7.58. The fourth-order valence-electron chi connectivity index (χ4n) is 2.89. The summed E-state index contributed by atoms with van der Waals surface area (Å²) < 4.78 is 2.18. The molecule has 1 aromatic carbocycles. The smallest absolute Gasteiger partial charge is 0.335 e. The lowest BCUT2D eigenvalue weighted by atomic mass is 9.96. The Morgan fingerprint density at radius 2 is 2.10 bits per heavy atom. The van der Waals surface area contributed by atoms with Crippen molar-refractivity contribution in [2.75, 3.05) is 6.54 Å². The van der Waals surface area contributed by atoms with Gasteiger partial charge < -0.3 is 15.4 Å². The zero-order valence-electron chi connectivity index (χ0n) is 13.0. The number of fused-ring (bicyclic) bond motifs is 1. The molecule has 1 heterocycles. The van der Waals surface area contributed by atoms with Gasteiger partial charge >= 0.3 is 5.97 Å². The normalized spacial score (nSPS) is 11.5. The second-order valence-corrected chi connectivity index (χ2v) is 5.81. The predicted octanol–water partition coefficient (Wildman–Crippen LogP) is 3.37. The molecule has 114 valence electrons. The van der Waals surface area contributed by atoms with Crippen LogP contribution in [0.5, 0.6) is 0 Å². The average Bonchev–Trinajstić information content (AvgIpc) is 2.77. The Morgan fingerprint density at radius 1 is 1.38 bits per heavy atom. The van der Waals surface area contributed by atoms with E-state index in [2.05, 4.69) is 31.5 Å². The highest BCUT2D eigenvalue weighted by Crippen LogP contribution is 2.31. The second-order valence-electron chi connectivity index (χ2n) is 5.81. The lowest BCUT2D eigenvalue weighted by Gasteiger charge is -2.13. The summed E-state index contributed by atoms with van der Waals surface area (Å²) in [5, 5.41) is 10.4. The molecule has 0 aliphatic heterocycles. The zero-order chi connectivity index (χ0) is 15.6. The largest absolute Gasteiger partial charge is 0.478 e. The summed E-state index contributed by atoms with van der Waals surface area (Å²) in [6.45, 7) is 7.66. The van der Waals surface area contributed by atoms with Crippen molar-refractivity contribution in [3.05, 3.63) is 35.0 Å². The number of aryl methyl sites for hydroxylation is 1. The molecule has 0 atom stereocenters. The first kappa shape index (κ1) is 15.6. The van der Waals surface area contributed by atoms with E-state index in [9.17, 15) is 9.90 Å². The molecule has 0 unspecified atom stereocenters. The molecule has 0 bridgehead atoms. The predicted molar refractivity (Wildman–Crippen MR) is 86.0 cm³/mol. The van der Waals surface area contributed by atoms with Crippen molar-refractivity contribution >= 4 is 16.9 Å². The quantitative estimate of drug-likeness (QED) is 0.856. The lowest BCUT2D eigenvalue weighted by Crippen LogP contribution is -2.10. The van der Waals surface area contributed by atoms with E-state index >= 15 is 0 Å². The third kappa shape index (κ3) is 2.95. The molecule has 0 saturated heterocycles. The fourth-order valence-corrected chi connectivity index (χ4v) is 2.89. The van der Waals surface area contributed by atoms with Crippen LogP contribution in [0.1, 0.15) is 54.6 Å². The van der Waals surface area contributed by atoms with Gasteiger partial charge in [-0.1, -0.05) is 27.2 Å². The summed E-state index contributed by atoms with van der Waals surface area (Å²) in [6.07, 6.45) is 4.13. The minimum absolute atomic E-state index is 0.271. The summed E-state index contributed by atoms with van der Waals surface area (Å²) in [7, 11) is 0. The van der Waals surface area contributed by atoms with Crippen molar-refractivity contribution in [3.8, 4) is 0 Å². The molecule has 21 heavy (non-hydrogen) atoms. The summed E-state index contributed by atoms with van der Waals surface area (Å²) in [4.78, 5) is 11.4. The van der Waals surface area contributed by atoms with Crippen LogP contribution in [0, 0.1) is 0 Å². The number of benzene rings is 1. The van der Waals surface area contributed by atoms with Crippen molar-refractivity contribution < 1.29 is 9.90 Å². The molecule has 0 aliphatic rings. The van der Waals surface area contributed by atoms with Crippen LogP contribution >= 0.6 is 0 Å². The summed E-state index contributed by atoms with van der Waals surface area (Å²) in [6, 6.07) is 3.61. The summed E-state index contributed by atoms with van der Waals surface area (Å²) in [5.74, 6) is -0.597. The zero-order valence-corrected chi connectivity index (χ0v) is 13.0. The maximum Gasteiger partial charge on any atom is 0.335 e. The van der Waals surface area contributed by atoms with Crippen LogP contribution in [0.2, 0.25) is 0 Å². The highest BCUT2D eigenvalue weighted by atomic mass is 16.4. The minimum atomic E-state index is -0.868. The van der Waals surface area contributed by atoms with Gasteiger partial charge in [-0.05, 0) is 35.6 Å². The van der Waals surface area contributed by atoms with E-state index in [0.717, 1.165) is 35.9 Å². The van der Waals surface area contributed by atoms with E-state index in [1.54, 1.807) is 6.07 Å². The van der Waals surface area contributed by atoms with Gasteiger partial charge in [-0.3, -0.25) is 0 Å². The van der Waals surface area contributed by atoms with Gasteiger partial charge in [0.2, 0.25) is 0 Å². The first-order chi connectivity index (χ1) is 9.99. The van der Waals surface area contributed by atoms with Crippen LogP contribution in [0.4, 0.5) is 0 Å². The Bertz CT molecular complexity index is 656. The summed E-state index contributed by atoms with van der Waals surface area (Å²) in [5.41, 5.74) is 9.53. The minimum Gasteiger partial charge on any atom is -0.478 e. The van der Waals surface area contributed by atoms with Crippen LogP contribution in [-0.2, 0) is 13.0 Å². The van der Waals surface area contributed by atoms with E-state index < -0.39 is 5.97 Å². The molecular weight excluding hydrogens is 264 g/mol. The van der Waals surface area contributed by atoms with Crippen molar-refractivity contribution in [3.63, 3.8) is 0 Å². The van der Waals surface area contributed by atoms with Gasteiger partial charge in [0.05, 0.1) is 11.1 Å². The maximum atomic E-state index is 11.4. The van der Waals surface area contributed by atoms with Crippen molar-refractivity contribution in [1.82, 2.24) is 4.57 Å². The van der Waals surface area contributed by atoms with Crippen LogP contribution in [0.3, 0.4) is 0 Å². The Morgan fingerprint density at radius 3 is 2.62 bits per heavy atom. The Hall–Kier alpha value is -1.81. The van der Waals surface area contributed by atoms with E-state index in [4.69, 9.17) is 5.73 Å². The molecule has 4 heteroatoms. The number of hydrogen-bond donors (Lipinski definition) is 2. The standard InChI is InChI=1S/C17H24N2O2/c1-4-5-12-10-19(7-6-18)16-14(11(2)3)8-13(17(20)21)9-15(12)16/h8-11H,4-7,18H2,1-3H3,(H,20,21). The highest BCUT2D eigenvalue weighted by molar-refractivity contribution is 5.97.